The molecule has 1 aromatic heterocycles. The lowest BCUT2D eigenvalue weighted by molar-refractivity contribution is 0.869. The van der Waals surface area contributed by atoms with E-state index < -0.39 is 0 Å². The Balaban J connectivity index is 2.61. The summed E-state index contributed by atoms with van der Waals surface area (Å²) in [6.07, 6.45) is 0. The monoisotopic (exact) mass is 201 g/mol. The van der Waals surface area contributed by atoms with Gasteiger partial charge in [0.25, 0.3) is 0 Å². The minimum absolute atomic E-state index is 0.546. The van der Waals surface area contributed by atoms with Crippen molar-refractivity contribution in [2.24, 2.45) is 0 Å². The summed E-state index contributed by atoms with van der Waals surface area (Å²) < 4.78 is 1.20. The Morgan fingerprint density at radius 2 is 2.07 bits per heavy atom. The second-order valence-corrected chi connectivity index (χ2v) is 4.76. The van der Waals surface area contributed by atoms with Crippen LogP contribution in [0.4, 0.5) is 0 Å². The molecule has 0 N–H and O–H groups in total. The van der Waals surface area contributed by atoms with Gasteiger partial charge in [-0.2, -0.15) is 5.26 Å². The third-order valence-corrected chi connectivity index (χ3v) is 3.34. The van der Waals surface area contributed by atoms with E-state index in [1.807, 2.05) is 6.07 Å². The first-order chi connectivity index (χ1) is 6.70. The minimum atomic E-state index is 0.546. The topological polar surface area (TPSA) is 23.8 Å². The summed E-state index contributed by atoms with van der Waals surface area (Å²) in [6, 6.07) is 10.6. The van der Waals surface area contributed by atoms with Gasteiger partial charge in [-0.25, -0.2) is 0 Å². The van der Waals surface area contributed by atoms with E-state index in [0.29, 0.717) is 5.92 Å². The lowest BCUT2D eigenvalue weighted by atomic mass is 10.0. The van der Waals surface area contributed by atoms with Crippen molar-refractivity contribution in [2.45, 2.75) is 19.8 Å². The number of nitrogens with zero attached hydrogens (tertiary/aromatic N) is 1. The van der Waals surface area contributed by atoms with Gasteiger partial charge in [0.05, 0.1) is 0 Å². The minimum Gasteiger partial charge on any atom is -0.192 e. The maximum atomic E-state index is 8.78. The molecule has 0 aliphatic carbocycles. The number of hydrogen-bond donors (Lipinski definition) is 0. The lowest BCUT2D eigenvalue weighted by Gasteiger charge is -2.03. The summed E-state index contributed by atoms with van der Waals surface area (Å²) in [5.74, 6) is 0.546. The highest BCUT2D eigenvalue weighted by molar-refractivity contribution is 7.19. The smallest absolute Gasteiger partial charge is 0.110 e. The van der Waals surface area contributed by atoms with Crippen LogP contribution in [0.5, 0.6) is 0 Å². The second kappa shape index (κ2) is 3.43. The van der Waals surface area contributed by atoms with Crippen molar-refractivity contribution in [3.05, 3.63) is 34.7 Å². The maximum Gasteiger partial charge on any atom is 0.110 e. The van der Waals surface area contributed by atoms with E-state index in [2.05, 4.69) is 38.1 Å². The van der Waals surface area contributed by atoms with Gasteiger partial charge in [0.2, 0.25) is 0 Å². The Morgan fingerprint density at radius 1 is 1.29 bits per heavy atom. The molecule has 0 radical (unpaired) electrons. The van der Waals surface area contributed by atoms with Crippen LogP contribution in [0.25, 0.3) is 10.1 Å². The zero-order chi connectivity index (χ0) is 10.1. The fourth-order valence-corrected chi connectivity index (χ4v) is 2.32. The Morgan fingerprint density at radius 3 is 2.71 bits per heavy atom. The largest absolute Gasteiger partial charge is 0.192 e. The molecule has 2 rings (SSSR count). The highest BCUT2D eigenvalue weighted by Crippen LogP contribution is 2.28. The molecular formula is C12H11NS. The molecule has 0 amide bonds. The quantitative estimate of drug-likeness (QED) is 0.686. The molecule has 2 heteroatoms. The lowest BCUT2D eigenvalue weighted by Crippen LogP contribution is -1.84. The Hall–Kier alpha value is -1.33. The van der Waals surface area contributed by atoms with Gasteiger partial charge in [-0.1, -0.05) is 26.0 Å². The SMILES string of the molecule is CC(C)c1ccc2sc(C#N)cc2c1. The molecule has 70 valence electrons. The van der Waals surface area contributed by atoms with E-state index in [4.69, 9.17) is 5.26 Å². The molecule has 0 saturated heterocycles. The molecule has 1 heterocycles. The number of benzene rings is 1. The fraction of sp³-hybridized carbons (Fsp3) is 0.250. The number of rotatable bonds is 1. The molecule has 0 aliphatic rings. The van der Waals surface area contributed by atoms with Gasteiger partial charge in [-0.3, -0.25) is 0 Å². The number of hydrogen-bond acceptors (Lipinski definition) is 2. The van der Waals surface area contributed by atoms with Crippen LogP contribution in [0.1, 0.15) is 30.2 Å². The predicted molar refractivity (Wildman–Crippen MR) is 60.6 cm³/mol. The zero-order valence-corrected chi connectivity index (χ0v) is 9.06. The average molecular weight is 201 g/mol. The van der Waals surface area contributed by atoms with Crippen molar-refractivity contribution in [2.75, 3.05) is 0 Å². The molecule has 1 aromatic carbocycles. The van der Waals surface area contributed by atoms with Crippen molar-refractivity contribution < 1.29 is 0 Å². The van der Waals surface area contributed by atoms with Gasteiger partial charge in [0.1, 0.15) is 10.9 Å². The van der Waals surface area contributed by atoms with Crippen LogP contribution in [0, 0.1) is 11.3 Å². The molecule has 0 saturated carbocycles. The first kappa shape index (κ1) is 9.23. The average Bonchev–Trinajstić information content (AvgIpc) is 2.58. The Kier molecular flexibility index (Phi) is 2.26. The van der Waals surface area contributed by atoms with Gasteiger partial charge < -0.3 is 0 Å². The molecule has 0 fully saturated rings. The standard InChI is InChI=1S/C12H11NS/c1-8(2)9-3-4-12-10(5-9)6-11(7-13)14-12/h3-6,8H,1-2H3. The number of fused-ring (bicyclic) bond motifs is 1. The van der Waals surface area contributed by atoms with Crippen molar-refractivity contribution in [1.29, 1.82) is 5.26 Å². The summed E-state index contributed by atoms with van der Waals surface area (Å²) >= 11 is 1.56. The molecule has 0 unspecified atom stereocenters. The second-order valence-electron chi connectivity index (χ2n) is 3.67. The molecule has 0 atom stereocenters. The first-order valence-electron chi connectivity index (χ1n) is 4.64. The van der Waals surface area contributed by atoms with E-state index in [1.54, 1.807) is 11.3 Å². The third-order valence-electron chi connectivity index (χ3n) is 2.32. The molecular weight excluding hydrogens is 190 g/mol. The molecule has 14 heavy (non-hydrogen) atoms. The van der Waals surface area contributed by atoms with Crippen LogP contribution in [-0.2, 0) is 0 Å². The predicted octanol–water partition coefficient (Wildman–Crippen LogP) is 3.90. The summed E-state index contributed by atoms with van der Waals surface area (Å²) in [7, 11) is 0. The van der Waals surface area contributed by atoms with Gasteiger partial charge >= 0.3 is 0 Å². The molecule has 1 nitrogen and oxygen atoms in total. The summed E-state index contributed by atoms with van der Waals surface area (Å²) in [5, 5.41) is 9.97. The Bertz CT molecular complexity index is 503. The normalized spacial score (nSPS) is 10.7. The van der Waals surface area contributed by atoms with E-state index in [1.165, 1.54) is 15.6 Å². The fourth-order valence-electron chi connectivity index (χ4n) is 1.48. The van der Waals surface area contributed by atoms with Gasteiger partial charge in [-0.05, 0) is 29.0 Å². The molecule has 0 spiro atoms. The van der Waals surface area contributed by atoms with Gasteiger partial charge in [-0.15, -0.1) is 11.3 Å². The van der Waals surface area contributed by atoms with E-state index in [9.17, 15) is 0 Å². The Labute approximate surface area is 87.6 Å². The summed E-state index contributed by atoms with van der Waals surface area (Å²) in [5.41, 5.74) is 1.33. The van der Waals surface area contributed by atoms with Gasteiger partial charge in [0.15, 0.2) is 0 Å². The first-order valence-corrected chi connectivity index (χ1v) is 5.46. The van der Waals surface area contributed by atoms with E-state index in [0.717, 1.165) is 4.88 Å². The van der Waals surface area contributed by atoms with Crippen LogP contribution in [-0.4, -0.2) is 0 Å². The van der Waals surface area contributed by atoms with Crippen LogP contribution in [0.2, 0.25) is 0 Å². The van der Waals surface area contributed by atoms with E-state index >= 15 is 0 Å². The molecule has 0 aliphatic heterocycles. The van der Waals surface area contributed by atoms with Crippen molar-refractivity contribution in [1.82, 2.24) is 0 Å². The maximum absolute atomic E-state index is 8.78. The number of thiophene rings is 1. The third kappa shape index (κ3) is 1.51. The van der Waals surface area contributed by atoms with E-state index in [-0.39, 0.29) is 0 Å². The van der Waals surface area contributed by atoms with Crippen LogP contribution in [0.15, 0.2) is 24.3 Å². The highest BCUT2D eigenvalue weighted by atomic mass is 32.1. The summed E-state index contributed by atoms with van der Waals surface area (Å²) in [6.45, 7) is 4.36. The van der Waals surface area contributed by atoms with Crippen molar-refractivity contribution >= 4 is 21.4 Å². The highest BCUT2D eigenvalue weighted by Gasteiger charge is 2.04. The molecule has 2 aromatic rings. The van der Waals surface area contributed by atoms with Gasteiger partial charge in [0, 0.05) is 4.70 Å². The van der Waals surface area contributed by atoms with Crippen LogP contribution >= 0.6 is 11.3 Å². The number of nitriles is 1. The van der Waals surface area contributed by atoms with Crippen LogP contribution < -0.4 is 0 Å². The van der Waals surface area contributed by atoms with Crippen molar-refractivity contribution in [3.63, 3.8) is 0 Å². The summed E-state index contributed by atoms with van der Waals surface area (Å²) in [4.78, 5) is 0.793. The van der Waals surface area contributed by atoms with Crippen molar-refractivity contribution in [3.8, 4) is 6.07 Å². The molecule has 0 bridgehead atoms. The van der Waals surface area contributed by atoms with Crippen LogP contribution in [0.3, 0.4) is 0 Å². The zero-order valence-electron chi connectivity index (χ0n) is 8.24.